The smallest absolute Gasteiger partial charge is 0.407 e. The summed E-state index contributed by atoms with van der Waals surface area (Å²) in [5.74, 6) is -0.369. The van der Waals surface area contributed by atoms with Gasteiger partial charge in [-0.05, 0) is 23.3 Å². The number of carbonyl (C=O) groups is 2. The molecule has 102 valence electrons. The van der Waals surface area contributed by atoms with Gasteiger partial charge < -0.3 is 14.8 Å². The Morgan fingerprint density at radius 1 is 1.30 bits per heavy atom. The summed E-state index contributed by atoms with van der Waals surface area (Å²) in [5.41, 5.74) is 2.64. The quantitative estimate of drug-likeness (QED) is 0.871. The molecule has 1 aliphatic heterocycles. The van der Waals surface area contributed by atoms with Crippen molar-refractivity contribution >= 4 is 17.7 Å². The molecule has 7 nitrogen and oxygen atoms in total. The predicted molar refractivity (Wildman–Crippen MR) is 68.2 cm³/mol. The van der Waals surface area contributed by atoms with E-state index in [1.165, 1.54) is 17.6 Å². The van der Waals surface area contributed by atoms with Gasteiger partial charge in [0, 0.05) is 18.8 Å². The number of hydrogen-bond donors (Lipinski definition) is 2. The molecule has 1 aromatic carbocycles. The van der Waals surface area contributed by atoms with Crippen LogP contribution >= 0.6 is 0 Å². The van der Waals surface area contributed by atoms with Crippen LogP contribution in [0.3, 0.4) is 0 Å². The zero-order valence-electron chi connectivity index (χ0n) is 10.4. The first-order chi connectivity index (χ1) is 9.63. The van der Waals surface area contributed by atoms with Crippen molar-refractivity contribution in [3.63, 3.8) is 0 Å². The highest BCUT2D eigenvalue weighted by molar-refractivity contribution is 6.02. The summed E-state index contributed by atoms with van der Waals surface area (Å²) in [6, 6.07) is 5.33. The predicted octanol–water partition coefficient (Wildman–Crippen LogP) is 1.92. The summed E-state index contributed by atoms with van der Waals surface area (Å²) in [4.78, 5) is 27.8. The second-order valence-corrected chi connectivity index (χ2v) is 4.45. The van der Waals surface area contributed by atoms with E-state index in [1.807, 2.05) is 6.07 Å². The third-order valence-corrected chi connectivity index (χ3v) is 3.12. The molecule has 0 atom stereocenters. The minimum atomic E-state index is -0.950. The third kappa shape index (κ3) is 2.20. The van der Waals surface area contributed by atoms with Crippen molar-refractivity contribution in [3.05, 3.63) is 47.7 Å². The van der Waals surface area contributed by atoms with Gasteiger partial charge in [-0.3, -0.25) is 9.69 Å². The van der Waals surface area contributed by atoms with E-state index >= 15 is 0 Å². The van der Waals surface area contributed by atoms with E-state index in [0.29, 0.717) is 18.8 Å². The van der Waals surface area contributed by atoms with E-state index in [1.54, 1.807) is 12.1 Å². The van der Waals surface area contributed by atoms with Crippen LogP contribution in [0.4, 0.5) is 10.5 Å². The molecule has 0 saturated carbocycles. The molecule has 2 heterocycles. The van der Waals surface area contributed by atoms with Crippen molar-refractivity contribution in [3.8, 4) is 0 Å². The molecular formula is C13H11N3O4. The SMILES string of the molecule is O=C(Nc1ccc2c(c1)CN(C(=O)O)C2)c1cocn1. The maximum absolute atomic E-state index is 11.8. The molecule has 0 saturated heterocycles. The summed E-state index contributed by atoms with van der Waals surface area (Å²) >= 11 is 0. The van der Waals surface area contributed by atoms with Crippen LogP contribution in [0.1, 0.15) is 21.6 Å². The van der Waals surface area contributed by atoms with Crippen molar-refractivity contribution in [2.45, 2.75) is 13.1 Å². The summed E-state index contributed by atoms with van der Waals surface area (Å²) < 4.78 is 4.74. The first kappa shape index (κ1) is 12.2. The van der Waals surface area contributed by atoms with E-state index in [4.69, 9.17) is 9.52 Å². The molecule has 2 amide bonds. The van der Waals surface area contributed by atoms with Gasteiger partial charge in [0.2, 0.25) is 0 Å². The number of anilines is 1. The second-order valence-electron chi connectivity index (χ2n) is 4.45. The number of rotatable bonds is 2. The number of carbonyl (C=O) groups excluding carboxylic acids is 1. The average Bonchev–Trinajstić information content (AvgIpc) is 3.07. The van der Waals surface area contributed by atoms with Gasteiger partial charge in [-0.15, -0.1) is 0 Å². The van der Waals surface area contributed by atoms with Gasteiger partial charge in [-0.25, -0.2) is 9.78 Å². The van der Waals surface area contributed by atoms with E-state index in [0.717, 1.165) is 11.1 Å². The molecular weight excluding hydrogens is 262 g/mol. The molecule has 3 rings (SSSR count). The zero-order valence-corrected chi connectivity index (χ0v) is 10.4. The van der Waals surface area contributed by atoms with Crippen molar-refractivity contribution in [2.24, 2.45) is 0 Å². The molecule has 2 aromatic rings. The monoisotopic (exact) mass is 273 g/mol. The van der Waals surface area contributed by atoms with Crippen molar-refractivity contribution < 1.29 is 19.1 Å². The van der Waals surface area contributed by atoms with Gasteiger partial charge in [0.1, 0.15) is 6.26 Å². The molecule has 0 fully saturated rings. The standard InChI is InChI=1S/C13H11N3O4/c17-12(11-6-20-7-14-11)15-10-2-1-8-4-16(13(18)19)5-9(8)3-10/h1-3,6-7H,4-5H2,(H,15,17)(H,18,19). The number of nitrogens with one attached hydrogen (secondary N) is 1. The highest BCUT2D eigenvalue weighted by atomic mass is 16.4. The van der Waals surface area contributed by atoms with Crippen LogP contribution in [0.25, 0.3) is 0 Å². The number of nitrogens with zero attached hydrogens (tertiary/aromatic N) is 2. The third-order valence-electron chi connectivity index (χ3n) is 3.12. The number of aromatic nitrogens is 1. The molecule has 0 aliphatic carbocycles. The van der Waals surface area contributed by atoms with Crippen molar-refractivity contribution in [1.29, 1.82) is 0 Å². The molecule has 20 heavy (non-hydrogen) atoms. The van der Waals surface area contributed by atoms with Gasteiger partial charge in [-0.2, -0.15) is 0 Å². The molecule has 1 aromatic heterocycles. The number of oxazole rings is 1. The van der Waals surface area contributed by atoms with Crippen LogP contribution in [0.15, 0.2) is 35.3 Å². The fraction of sp³-hybridized carbons (Fsp3) is 0.154. The zero-order chi connectivity index (χ0) is 14.1. The second kappa shape index (κ2) is 4.69. The molecule has 0 radical (unpaired) electrons. The van der Waals surface area contributed by atoms with Crippen LogP contribution in [-0.2, 0) is 13.1 Å². The van der Waals surface area contributed by atoms with Gasteiger partial charge in [0.25, 0.3) is 5.91 Å². The Kier molecular flexibility index (Phi) is 2.86. The van der Waals surface area contributed by atoms with Gasteiger partial charge in [0.05, 0.1) is 0 Å². The molecule has 0 bridgehead atoms. The van der Waals surface area contributed by atoms with Crippen molar-refractivity contribution in [1.82, 2.24) is 9.88 Å². The fourth-order valence-electron chi connectivity index (χ4n) is 2.13. The number of hydrogen-bond acceptors (Lipinski definition) is 4. The fourth-order valence-corrected chi connectivity index (χ4v) is 2.13. The van der Waals surface area contributed by atoms with E-state index in [2.05, 4.69) is 10.3 Å². The Morgan fingerprint density at radius 3 is 2.80 bits per heavy atom. The van der Waals surface area contributed by atoms with E-state index < -0.39 is 6.09 Å². The lowest BCUT2D eigenvalue weighted by Gasteiger charge is -2.08. The largest absolute Gasteiger partial charge is 0.465 e. The van der Waals surface area contributed by atoms with Crippen molar-refractivity contribution in [2.75, 3.05) is 5.32 Å². The Hall–Kier alpha value is -2.83. The normalized spacial score (nSPS) is 13.1. The Bertz CT molecular complexity index is 666. The van der Waals surface area contributed by atoms with E-state index in [-0.39, 0.29) is 11.6 Å². The topological polar surface area (TPSA) is 95.7 Å². The Labute approximate surface area is 113 Å². The van der Waals surface area contributed by atoms with E-state index in [9.17, 15) is 9.59 Å². The maximum atomic E-state index is 11.8. The summed E-state index contributed by atoms with van der Waals surface area (Å²) in [5, 5.41) is 11.7. The van der Waals surface area contributed by atoms with Gasteiger partial charge in [0.15, 0.2) is 12.1 Å². The minimum Gasteiger partial charge on any atom is -0.465 e. The lowest BCUT2D eigenvalue weighted by Crippen LogP contribution is -2.22. The number of benzene rings is 1. The Morgan fingerprint density at radius 2 is 2.10 bits per heavy atom. The first-order valence-electron chi connectivity index (χ1n) is 5.92. The van der Waals surface area contributed by atoms with Crippen LogP contribution in [0.5, 0.6) is 0 Å². The summed E-state index contributed by atoms with van der Waals surface area (Å²) in [6.07, 6.45) is 1.49. The van der Waals surface area contributed by atoms with Crippen LogP contribution in [-0.4, -0.2) is 27.0 Å². The van der Waals surface area contributed by atoms with Gasteiger partial charge >= 0.3 is 6.09 Å². The summed E-state index contributed by atoms with van der Waals surface area (Å²) in [6.45, 7) is 0.709. The molecule has 2 N–H and O–H groups in total. The number of fused-ring (bicyclic) bond motifs is 1. The highest BCUT2D eigenvalue weighted by Gasteiger charge is 2.23. The molecule has 1 aliphatic rings. The average molecular weight is 273 g/mol. The lowest BCUT2D eigenvalue weighted by atomic mass is 10.1. The van der Waals surface area contributed by atoms with Crippen LogP contribution in [0.2, 0.25) is 0 Å². The first-order valence-corrected chi connectivity index (χ1v) is 5.92. The lowest BCUT2D eigenvalue weighted by molar-refractivity contribution is 0.102. The number of carboxylic acid groups (broad SMARTS) is 1. The highest BCUT2D eigenvalue weighted by Crippen LogP contribution is 2.25. The molecule has 0 spiro atoms. The molecule has 0 unspecified atom stereocenters. The number of amides is 2. The molecule has 7 heteroatoms. The summed E-state index contributed by atoms with van der Waals surface area (Å²) in [7, 11) is 0. The Balaban J connectivity index is 1.76. The maximum Gasteiger partial charge on any atom is 0.407 e. The minimum absolute atomic E-state index is 0.192. The van der Waals surface area contributed by atoms with Crippen LogP contribution < -0.4 is 5.32 Å². The van der Waals surface area contributed by atoms with Crippen LogP contribution in [0, 0.1) is 0 Å². The van der Waals surface area contributed by atoms with Gasteiger partial charge in [-0.1, -0.05) is 6.07 Å².